The van der Waals surface area contributed by atoms with Crippen molar-refractivity contribution in [1.29, 1.82) is 0 Å². The lowest BCUT2D eigenvalue weighted by Crippen LogP contribution is -2.58. The predicted molar refractivity (Wildman–Crippen MR) is 87.4 cm³/mol. The van der Waals surface area contributed by atoms with Gasteiger partial charge in [0.15, 0.2) is 0 Å². The zero-order valence-corrected chi connectivity index (χ0v) is 13.5. The van der Waals surface area contributed by atoms with E-state index in [0.29, 0.717) is 22.0 Å². The number of hydrogen-bond donors (Lipinski definition) is 2. The summed E-state index contributed by atoms with van der Waals surface area (Å²) in [6.07, 6.45) is 0. The molecule has 0 aliphatic carbocycles. The Hall–Kier alpha value is -2.60. The van der Waals surface area contributed by atoms with Crippen molar-refractivity contribution < 1.29 is 18.7 Å². The van der Waals surface area contributed by atoms with Gasteiger partial charge in [-0.05, 0) is 42.8 Å². The molecule has 0 fully saturated rings. The van der Waals surface area contributed by atoms with Crippen molar-refractivity contribution in [2.24, 2.45) is 0 Å². The van der Waals surface area contributed by atoms with Gasteiger partial charge in [-0.1, -0.05) is 23.7 Å². The van der Waals surface area contributed by atoms with Gasteiger partial charge in [-0.25, -0.2) is 4.39 Å². The molecule has 2 amide bonds. The average molecular weight is 349 g/mol. The van der Waals surface area contributed by atoms with Gasteiger partial charge in [0.05, 0.1) is 5.69 Å². The molecular formula is C17H14ClFN2O3. The van der Waals surface area contributed by atoms with E-state index < -0.39 is 17.4 Å². The van der Waals surface area contributed by atoms with Crippen LogP contribution >= 0.6 is 11.6 Å². The molecule has 0 saturated carbocycles. The van der Waals surface area contributed by atoms with Crippen LogP contribution in [0.15, 0.2) is 42.5 Å². The molecule has 2 aromatic rings. The van der Waals surface area contributed by atoms with Gasteiger partial charge >= 0.3 is 0 Å². The predicted octanol–water partition coefficient (Wildman–Crippen LogP) is 2.89. The maximum Gasteiger partial charge on any atom is 0.278 e. The number of rotatable bonds is 3. The number of carbonyl (C=O) groups excluding carboxylic acids is 2. The van der Waals surface area contributed by atoms with Gasteiger partial charge in [-0.2, -0.15) is 0 Å². The van der Waals surface area contributed by atoms with E-state index >= 15 is 0 Å². The van der Waals surface area contributed by atoms with Crippen LogP contribution in [0.3, 0.4) is 0 Å². The van der Waals surface area contributed by atoms with Crippen molar-refractivity contribution in [1.82, 2.24) is 5.32 Å². The zero-order valence-electron chi connectivity index (χ0n) is 12.7. The van der Waals surface area contributed by atoms with E-state index in [-0.39, 0.29) is 12.4 Å². The van der Waals surface area contributed by atoms with Crippen LogP contribution in [-0.2, 0) is 16.1 Å². The summed E-state index contributed by atoms with van der Waals surface area (Å²) in [5.74, 6) is -1.18. The van der Waals surface area contributed by atoms with Gasteiger partial charge in [0, 0.05) is 11.6 Å². The summed E-state index contributed by atoms with van der Waals surface area (Å²) in [5, 5.41) is 5.69. The number of anilines is 1. The summed E-state index contributed by atoms with van der Waals surface area (Å²) < 4.78 is 18.5. The van der Waals surface area contributed by atoms with E-state index in [4.69, 9.17) is 16.3 Å². The van der Waals surface area contributed by atoms with Gasteiger partial charge in [0.1, 0.15) is 11.6 Å². The third kappa shape index (κ3) is 3.05. The highest BCUT2D eigenvalue weighted by Gasteiger charge is 2.47. The Balaban J connectivity index is 1.74. The van der Waals surface area contributed by atoms with Gasteiger partial charge in [0.2, 0.25) is 0 Å². The number of amides is 2. The van der Waals surface area contributed by atoms with E-state index in [2.05, 4.69) is 10.6 Å². The quantitative estimate of drug-likeness (QED) is 0.838. The first kappa shape index (κ1) is 16.3. The van der Waals surface area contributed by atoms with Crippen molar-refractivity contribution in [3.63, 3.8) is 0 Å². The first-order chi connectivity index (χ1) is 11.4. The molecule has 0 aromatic heterocycles. The van der Waals surface area contributed by atoms with Crippen molar-refractivity contribution in [2.75, 3.05) is 5.32 Å². The summed E-state index contributed by atoms with van der Waals surface area (Å²) in [6, 6.07) is 10.4. The lowest BCUT2D eigenvalue weighted by molar-refractivity contribution is -0.146. The fraction of sp³-hybridized carbons (Fsp3) is 0.176. The molecule has 0 radical (unpaired) electrons. The van der Waals surface area contributed by atoms with Crippen LogP contribution in [0.5, 0.6) is 5.75 Å². The molecular weight excluding hydrogens is 335 g/mol. The molecule has 0 unspecified atom stereocenters. The van der Waals surface area contributed by atoms with Crippen LogP contribution < -0.4 is 15.4 Å². The minimum atomic E-state index is -1.71. The SMILES string of the molecule is C[C@]1(C(=O)NCc2ccc(F)cc2)Oc2ccc(Cl)cc2NC1=O. The normalized spacial score (nSPS) is 19.0. The zero-order chi connectivity index (χ0) is 17.3. The molecule has 3 rings (SSSR count). The fourth-order valence-electron chi connectivity index (χ4n) is 2.30. The van der Waals surface area contributed by atoms with Crippen LogP contribution in [0.1, 0.15) is 12.5 Å². The molecule has 0 saturated heterocycles. The largest absolute Gasteiger partial charge is 0.466 e. The molecule has 1 aliphatic heterocycles. The molecule has 1 aliphatic rings. The lowest BCUT2D eigenvalue weighted by atomic mass is 10.0. The first-order valence-corrected chi connectivity index (χ1v) is 7.59. The lowest BCUT2D eigenvalue weighted by Gasteiger charge is -2.33. The molecule has 124 valence electrons. The summed E-state index contributed by atoms with van der Waals surface area (Å²) in [7, 11) is 0. The van der Waals surface area contributed by atoms with Crippen molar-refractivity contribution in [3.05, 3.63) is 58.9 Å². The number of benzene rings is 2. The van der Waals surface area contributed by atoms with E-state index in [9.17, 15) is 14.0 Å². The Morgan fingerprint density at radius 3 is 2.71 bits per heavy atom. The van der Waals surface area contributed by atoms with Crippen molar-refractivity contribution >= 4 is 29.1 Å². The molecule has 0 bridgehead atoms. The van der Waals surface area contributed by atoms with Gasteiger partial charge in [-0.3, -0.25) is 9.59 Å². The standard InChI is InChI=1S/C17H14ClFN2O3/c1-17(15(22)20-9-10-2-5-12(19)6-3-10)16(23)21-13-8-11(18)4-7-14(13)24-17/h2-8H,9H2,1H3,(H,20,22)(H,21,23)/t17-/m1/s1. The second kappa shape index (κ2) is 6.13. The van der Waals surface area contributed by atoms with E-state index in [1.54, 1.807) is 30.3 Å². The number of halogens is 2. The first-order valence-electron chi connectivity index (χ1n) is 7.21. The number of nitrogens with one attached hydrogen (secondary N) is 2. The molecule has 1 atom stereocenters. The van der Waals surface area contributed by atoms with E-state index in [1.165, 1.54) is 19.1 Å². The Morgan fingerprint density at radius 1 is 1.29 bits per heavy atom. The maximum absolute atomic E-state index is 12.9. The Morgan fingerprint density at radius 2 is 2.00 bits per heavy atom. The highest BCUT2D eigenvalue weighted by molar-refractivity contribution is 6.31. The average Bonchev–Trinajstić information content (AvgIpc) is 2.55. The third-order valence-corrected chi connectivity index (χ3v) is 3.97. The van der Waals surface area contributed by atoms with Crippen LogP contribution in [0.4, 0.5) is 10.1 Å². The summed E-state index contributed by atoms with van der Waals surface area (Å²) >= 11 is 5.87. The Kier molecular flexibility index (Phi) is 4.15. The topological polar surface area (TPSA) is 67.4 Å². The molecule has 5 nitrogen and oxygen atoms in total. The minimum Gasteiger partial charge on any atom is -0.466 e. The summed E-state index contributed by atoms with van der Waals surface area (Å²) in [4.78, 5) is 24.7. The minimum absolute atomic E-state index is 0.152. The maximum atomic E-state index is 12.9. The molecule has 2 N–H and O–H groups in total. The van der Waals surface area contributed by atoms with Crippen molar-refractivity contribution in [3.8, 4) is 5.75 Å². The van der Waals surface area contributed by atoms with Crippen LogP contribution in [0.2, 0.25) is 5.02 Å². The monoisotopic (exact) mass is 348 g/mol. The number of carbonyl (C=O) groups is 2. The molecule has 1 heterocycles. The molecule has 0 spiro atoms. The number of ether oxygens (including phenoxy) is 1. The van der Waals surface area contributed by atoms with E-state index in [0.717, 1.165) is 0 Å². The van der Waals surface area contributed by atoms with Crippen LogP contribution in [-0.4, -0.2) is 17.4 Å². The molecule has 7 heteroatoms. The number of hydrogen-bond acceptors (Lipinski definition) is 3. The van der Waals surface area contributed by atoms with E-state index in [1.807, 2.05) is 0 Å². The Bertz CT molecular complexity index is 810. The van der Waals surface area contributed by atoms with Crippen LogP contribution in [0, 0.1) is 5.82 Å². The van der Waals surface area contributed by atoms with Crippen LogP contribution in [0.25, 0.3) is 0 Å². The number of fused-ring (bicyclic) bond motifs is 1. The van der Waals surface area contributed by atoms with Gasteiger partial charge in [-0.15, -0.1) is 0 Å². The highest BCUT2D eigenvalue weighted by Crippen LogP contribution is 2.35. The fourth-order valence-corrected chi connectivity index (χ4v) is 2.47. The molecule has 24 heavy (non-hydrogen) atoms. The van der Waals surface area contributed by atoms with Crippen molar-refractivity contribution in [2.45, 2.75) is 19.1 Å². The second-order valence-corrected chi connectivity index (χ2v) is 5.98. The highest BCUT2D eigenvalue weighted by atomic mass is 35.5. The Labute approximate surface area is 142 Å². The summed E-state index contributed by atoms with van der Waals surface area (Å²) in [5.41, 5.74) is -0.589. The summed E-state index contributed by atoms with van der Waals surface area (Å²) in [6.45, 7) is 1.54. The van der Waals surface area contributed by atoms with Gasteiger partial charge in [0.25, 0.3) is 17.4 Å². The smallest absolute Gasteiger partial charge is 0.278 e. The third-order valence-electron chi connectivity index (χ3n) is 3.74. The van der Waals surface area contributed by atoms with Gasteiger partial charge < -0.3 is 15.4 Å². The second-order valence-electron chi connectivity index (χ2n) is 5.54. The molecule has 2 aromatic carbocycles.